The van der Waals surface area contributed by atoms with Gasteiger partial charge in [0.05, 0.1) is 18.3 Å². The molecule has 3 heteroatoms. The second-order valence-corrected chi connectivity index (χ2v) is 12.9. The van der Waals surface area contributed by atoms with E-state index in [0.717, 1.165) is 36.2 Å². The van der Waals surface area contributed by atoms with Gasteiger partial charge in [-0.2, -0.15) is 0 Å². The topological polar surface area (TPSA) is 60.7 Å². The third-order valence-corrected chi connectivity index (χ3v) is 11.6. The predicted octanol–water partition coefficient (Wildman–Crippen LogP) is 6.13. The van der Waals surface area contributed by atoms with Crippen LogP contribution >= 0.6 is 0 Å². The first-order valence-corrected chi connectivity index (χ1v) is 13.8. The van der Waals surface area contributed by atoms with Crippen LogP contribution in [0.3, 0.4) is 0 Å². The van der Waals surface area contributed by atoms with Crippen molar-refractivity contribution in [2.45, 2.75) is 103 Å². The van der Waals surface area contributed by atoms with Crippen LogP contribution in [0.2, 0.25) is 0 Å². The van der Waals surface area contributed by atoms with Crippen LogP contribution in [-0.4, -0.2) is 27.5 Å². The van der Waals surface area contributed by atoms with E-state index < -0.39 is 12.2 Å². The highest BCUT2D eigenvalue weighted by atomic mass is 16.3. The summed E-state index contributed by atoms with van der Waals surface area (Å²) >= 11 is 0. The highest BCUT2D eigenvalue weighted by Gasteiger charge is 2.60. The first kappa shape index (κ1) is 23.8. The maximum atomic E-state index is 11.2. The number of aliphatic hydroxyl groups is 3. The Bertz CT molecular complexity index is 810. The molecule has 1 aromatic rings. The molecule has 0 spiro atoms. The molecule has 0 heterocycles. The fourth-order valence-electron chi connectivity index (χ4n) is 9.66. The van der Waals surface area contributed by atoms with E-state index in [2.05, 4.69) is 20.8 Å². The van der Waals surface area contributed by atoms with Gasteiger partial charge >= 0.3 is 0 Å². The summed E-state index contributed by atoms with van der Waals surface area (Å²) in [6.07, 6.45) is 10.3. The molecular weight excluding hydrogens is 408 g/mol. The van der Waals surface area contributed by atoms with Gasteiger partial charge in [-0.3, -0.25) is 0 Å². The number of rotatable bonds is 5. The Morgan fingerprint density at radius 3 is 2.33 bits per heavy atom. The van der Waals surface area contributed by atoms with Crippen LogP contribution in [0.25, 0.3) is 0 Å². The Kier molecular flexibility index (Phi) is 6.46. The zero-order chi connectivity index (χ0) is 23.4. The molecule has 0 aromatic heterocycles. The van der Waals surface area contributed by atoms with Gasteiger partial charge in [0.25, 0.3) is 0 Å². The van der Waals surface area contributed by atoms with E-state index in [1.165, 1.54) is 44.9 Å². The van der Waals surface area contributed by atoms with Gasteiger partial charge in [-0.05, 0) is 110 Å². The number of hydrogen-bond acceptors (Lipinski definition) is 3. The summed E-state index contributed by atoms with van der Waals surface area (Å²) in [5, 5.41) is 32.2. The van der Waals surface area contributed by atoms with Crippen molar-refractivity contribution in [2.24, 2.45) is 46.3 Å². The van der Waals surface area contributed by atoms with Crippen LogP contribution in [0.4, 0.5) is 0 Å². The Hall–Kier alpha value is -0.900. The van der Waals surface area contributed by atoms with Crippen molar-refractivity contribution < 1.29 is 15.3 Å². The predicted molar refractivity (Wildman–Crippen MR) is 132 cm³/mol. The summed E-state index contributed by atoms with van der Waals surface area (Å²) in [5.74, 6) is 3.89. The molecule has 184 valence electrons. The van der Waals surface area contributed by atoms with Gasteiger partial charge in [0, 0.05) is 6.42 Å². The maximum absolute atomic E-state index is 11.2. The molecule has 11 atom stereocenters. The van der Waals surface area contributed by atoms with Gasteiger partial charge in [-0.15, -0.1) is 0 Å². The minimum Gasteiger partial charge on any atom is -0.393 e. The number of hydrogen-bond donors (Lipinski definition) is 3. The molecule has 4 aliphatic carbocycles. The third kappa shape index (κ3) is 4.00. The van der Waals surface area contributed by atoms with Crippen molar-refractivity contribution in [3.8, 4) is 0 Å². The SMILES string of the molecule is C[C@H]([C@H](O)C[C@H](O)c1ccccc1)[C@H]1CC[C@H]2[C@@H]3CC[C@H]4C[C@@H](O)CC[C@]4(C)[C@H]3CC[C@]12C. The van der Waals surface area contributed by atoms with Gasteiger partial charge in [0.15, 0.2) is 0 Å². The summed E-state index contributed by atoms with van der Waals surface area (Å²) in [7, 11) is 0. The summed E-state index contributed by atoms with van der Waals surface area (Å²) < 4.78 is 0. The molecule has 4 fully saturated rings. The molecule has 0 aliphatic heterocycles. The van der Waals surface area contributed by atoms with E-state index >= 15 is 0 Å². The minimum absolute atomic E-state index is 0.0714. The Morgan fingerprint density at radius 1 is 0.879 bits per heavy atom. The molecule has 3 nitrogen and oxygen atoms in total. The first-order chi connectivity index (χ1) is 15.7. The normalized spacial score (nSPS) is 45.4. The smallest absolute Gasteiger partial charge is 0.0814 e. The van der Waals surface area contributed by atoms with Crippen LogP contribution in [0.1, 0.15) is 96.6 Å². The van der Waals surface area contributed by atoms with E-state index in [1.54, 1.807) is 0 Å². The molecule has 0 unspecified atom stereocenters. The minimum atomic E-state index is -0.596. The highest BCUT2D eigenvalue weighted by molar-refractivity contribution is 5.17. The van der Waals surface area contributed by atoms with Crippen molar-refractivity contribution >= 4 is 0 Å². The molecule has 0 radical (unpaired) electrons. The van der Waals surface area contributed by atoms with Gasteiger partial charge in [0.1, 0.15) is 0 Å². The lowest BCUT2D eigenvalue weighted by atomic mass is 9.44. The summed E-state index contributed by atoms with van der Waals surface area (Å²) in [5.41, 5.74) is 1.64. The molecule has 3 N–H and O–H groups in total. The van der Waals surface area contributed by atoms with E-state index in [0.29, 0.717) is 29.1 Å². The number of benzene rings is 1. The van der Waals surface area contributed by atoms with Crippen molar-refractivity contribution in [2.75, 3.05) is 0 Å². The molecule has 5 rings (SSSR count). The lowest BCUT2D eigenvalue weighted by Crippen LogP contribution is -2.54. The average Bonchev–Trinajstić information content (AvgIpc) is 3.16. The summed E-state index contributed by atoms with van der Waals surface area (Å²) in [6, 6.07) is 9.79. The van der Waals surface area contributed by atoms with Gasteiger partial charge < -0.3 is 15.3 Å². The lowest BCUT2D eigenvalue weighted by molar-refractivity contribution is -0.132. The van der Waals surface area contributed by atoms with Crippen LogP contribution < -0.4 is 0 Å². The van der Waals surface area contributed by atoms with E-state index in [9.17, 15) is 15.3 Å². The summed E-state index contributed by atoms with van der Waals surface area (Å²) in [4.78, 5) is 0. The van der Waals surface area contributed by atoms with E-state index in [4.69, 9.17) is 0 Å². The molecule has 0 amide bonds. The highest BCUT2D eigenvalue weighted by Crippen LogP contribution is 2.68. The van der Waals surface area contributed by atoms with Crippen LogP contribution in [-0.2, 0) is 0 Å². The zero-order valence-electron chi connectivity index (χ0n) is 21.0. The molecule has 4 saturated carbocycles. The fourth-order valence-corrected chi connectivity index (χ4v) is 9.66. The van der Waals surface area contributed by atoms with Gasteiger partial charge in [-0.1, -0.05) is 51.1 Å². The molecule has 0 saturated heterocycles. The lowest BCUT2D eigenvalue weighted by Gasteiger charge is -2.61. The Morgan fingerprint density at radius 2 is 1.58 bits per heavy atom. The van der Waals surface area contributed by atoms with Crippen LogP contribution in [0.15, 0.2) is 30.3 Å². The van der Waals surface area contributed by atoms with Crippen molar-refractivity contribution in [1.29, 1.82) is 0 Å². The summed E-state index contributed by atoms with van der Waals surface area (Å²) in [6.45, 7) is 7.35. The van der Waals surface area contributed by atoms with E-state index in [-0.39, 0.29) is 12.0 Å². The van der Waals surface area contributed by atoms with E-state index in [1.807, 2.05) is 30.3 Å². The third-order valence-electron chi connectivity index (χ3n) is 11.6. The van der Waals surface area contributed by atoms with Crippen molar-refractivity contribution in [1.82, 2.24) is 0 Å². The molecule has 1 aromatic carbocycles. The fraction of sp³-hybridized carbons (Fsp3) is 0.800. The standard InChI is InChI=1S/C30H46O3/c1-19(27(32)18-28(33)20-7-5-4-6-8-20)24-11-12-25-23-10-9-21-17-22(31)13-15-29(21,2)26(23)14-16-30(24,25)3/h4-8,19,21-28,31-33H,9-18H2,1-3H3/t19-,21-,22-,23-,24+,25-,26-,27+,28-,29-,30+/m0/s1. The Balaban J connectivity index is 1.29. The molecule has 33 heavy (non-hydrogen) atoms. The second-order valence-electron chi connectivity index (χ2n) is 12.9. The maximum Gasteiger partial charge on any atom is 0.0814 e. The average molecular weight is 455 g/mol. The van der Waals surface area contributed by atoms with Crippen molar-refractivity contribution in [3.63, 3.8) is 0 Å². The molecule has 4 aliphatic rings. The number of fused-ring (bicyclic) bond motifs is 5. The van der Waals surface area contributed by atoms with Crippen molar-refractivity contribution in [3.05, 3.63) is 35.9 Å². The quantitative estimate of drug-likeness (QED) is 0.502. The monoisotopic (exact) mass is 454 g/mol. The van der Waals surface area contributed by atoms with Gasteiger partial charge in [-0.25, -0.2) is 0 Å². The first-order valence-electron chi connectivity index (χ1n) is 13.8. The van der Waals surface area contributed by atoms with Crippen LogP contribution in [0, 0.1) is 46.3 Å². The largest absolute Gasteiger partial charge is 0.393 e. The van der Waals surface area contributed by atoms with Crippen LogP contribution in [0.5, 0.6) is 0 Å². The van der Waals surface area contributed by atoms with Gasteiger partial charge in [0.2, 0.25) is 0 Å². The molecular formula is C30H46O3. The Labute approximate surface area is 201 Å². The number of aliphatic hydroxyl groups excluding tert-OH is 3. The zero-order valence-corrected chi connectivity index (χ0v) is 21.0. The molecule has 0 bridgehead atoms. The second kappa shape index (κ2) is 8.95.